The van der Waals surface area contributed by atoms with Gasteiger partial charge in [-0.15, -0.1) is 16.4 Å². The largest absolute Gasteiger partial charge is 0.370 e. The standard InChI is InChI=1S/C20H29N5OS/c1-6-8-9-24(7-2)11-16-22-18-17-14-10-20(4,5)26-12-15(14)27-19(17)21-13(3)25(18)23-16/h6-12H2,1-5H3/p+1. The maximum absolute atomic E-state index is 6.01. The SMILES string of the molecule is CCCC[NH+](CC)Cc1nc2c3c4c(sc3nc(C)n2n1)COC(C)(C)C4. The smallest absolute Gasteiger partial charge is 0.206 e. The van der Waals surface area contributed by atoms with E-state index in [2.05, 4.69) is 27.7 Å². The lowest BCUT2D eigenvalue weighted by atomic mass is 9.94. The van der Waals surface area contributed by atoms with Crippen LogP contribution in [-0.4, -0.2) is 38.3 Å². The number of quaternary nitrogens is 1. The average Bonchev–Trinajstić information content (AvgIpc) is 3.18. The summed E-state index contributed by atoms with van der Waals surface area (Å²) in [6, 6.07) is 0. The van der Waals surface area contributed by atoms with E-state index in [-0.39, 0.29) is 5.60 Å². The molecule has 0 amide bonds. The van der Waals surface area contributed by atoms with Gasteiger partial charge in [0.1, 0.15) is 17.2 Å². The second-order valence-electron chi connectivity index (χ2n) is 8.22. The van der Waals surface area contributed by atoms with E-state index >= 15 is 0 Å². The van der Waals surface area contributed by atoms with E-state index in [0.717, 1.165) is 41.6 Å². The van der Waals surface area contributed by atoms with Crippen LogP contribution < -0.4 is 4.90 Å². The predicted molar refractivity (Wildman–Crippen MR) is 108 cm³/mol. The van der Waals surface area contributed by atoms with E-state index in [1.807, 2.05) is 11.4 Å². The van der Waals surface area contributed by atoms with Crippen molar-refractivity contribution in [2.24, 2.45) is 0 Å². The number of ether oxygens (including phenoxy) is 1. The fraction of sp³-hybridized carbons (Fsp3) is 0.650. The van der Waals surface area contributed by atoms with Crippen molar-refractivity contribution < 1.29 is 9.64 Å². The number of nitrogens with zero attached hydrogens (tertiary/aromatic N) is 4. The summed E-state index contributed by atoms with van der Waals surface area (Å²) in [5.41, 5.74) is 2.18. The molecule has 0 saturated carbocycles. The number of nitrogens with one attached hydrogen (secondary N) is 1. The van der Waals surface area contributed by atoms with Gasteiger partial charge in [-0.3, -0.25) is 0 Å². The Kier molecular flexibility index (Phi) is 4.94. The molecule has 6 nitrogen and oxygen atoms in total. The van der Waals surface area contributed by atoms with Crippen LogP contribution in [-0.2, 0) is 24.3 Å². The summed E-state index contributed by atoms with van der Waals surface area (Å²) in [5.74, 6) is 1.83. The first-order valence-electron chi connectivity index (χ1n) is 10.1. The summed E-state index contributed by atoms with van der Waals surface area (Å²) < 4.78 is 7.95. The van der Waals surface area contributed by atoms with Crippen molar-refractivity contribution >= 4 is 27.2 Å². The first-order chi connectivity index (χ1) is 12.9. The summed E-state index contributed by atoms with van der Waals surface area (Å²) in [5, 5.41) is 6.00. The molecule has 0 bridgehead atoms. The van der Waals surface area contributed by atoms with Gasteiger partial charge in [0.25, 0.3) is 0 Å². The predicted octanol–water partition coefficient (Wildman–Crippen LogP) is 2.70. The van der Waals surface area contributed by atoms with Crippen molar-refractivity contribution in [2.75, 3.05) is 13.1 Å². The highest BCUT2D eigenvalue weighted by Gasteiger charge is 2.31. The second-order valence-corrected chi connectivity index (χ2v) is 9.30. The van der Waals surface area contributed by atoms with E-state index in [9.17, 15) is 0 Å². The van der Waals surface area contributed by atoms with E-state index < -0.39 is 0 Å². The Labute approximate surface area is 164 Å². The number of thiophene rings is 1. The van der Waals surface area contributed by atoms with Gasteiger partial charge in [0, 0.05) is 11.3 Å². The van der Waals surface area contributed by atoms with E-state index in [1.54, 1.807) is 11.3 Å². The maximum atomic E-state index is 6.01. The average molecular weight is 389 g/mol. The Morgan fingerprint density at radius 2 is 2.07 bits per heavy atom. The van der Waals surface area contributed by atoms with Crippen molar-refractivity contribution in [3.63, 3.8) is 0 Å². The molecule has 1 N–H and O–H groups in total. The third kappa shape index (κ3) is 3.48. The molecule has 4 heterocycles. The number of hydrogen-bond donors (Lipinski definition) is 1. The zero-order valence-corrected chi connectivity index (χ0v) is 17.9. The van der Waals surface area contributed by atoms with Gasteiger partial charge in [0.05, 0.1) is 30.7 Å². The van der Waals surface area contributed by atoms with E-state index in [0.29, 0.717) is 6.61 Å². The molecule has 27 heavy (non-hydrogen) atoms. The van der Waals surface area contributed by atoms with Crippen molar-refractivity contribution in [3.8, 4) is 0 Å². The summed E-state index contributed by atoms with van der Waals surface area (Å²) in [4.78, 5) is 13.7. The molecule has 146 valence electrons. The monoisotopic (exact) mass is 388 g/mol. The van der Waals surface area contributed by atoms with Gasteiger partial charge in [0.2, 0.25) is 5.82 Å². The molecule has 1 aliphatic heterocycles. The molecule has 0 spiro atoms. The Hall–Kier alpha value is -1.57. The molecule has 1 aliphatic rings. The zero-order chi connectivity index (χ0) is 19.2. The van der Waals surface area contributed by atoms with Gasteiger partial charge in [-0.2, -0.15) is 4.52 Å². The van der Waals surface area contributed by atoms with Crippen LogP contribution in [0.3, 0.4) is 0 Å². The van der Waals surface area contributed by atoms with Crippen LogP contribution in [0.2, 0.25) is 0 Å². The molecule has 0 fully saturated rings. The quantitative estimate of drug-likeness (QED) is 0.705. The van der Waals surface area contributed by atoms with Crippen LogP contribution in [0.5, 0.6) is 0 Å². The molecule has 3 aromatic heterocycles. The zero-order valence-electron chi connectivity index (χ0n) is 17.1. The maximum Gasteiger partial charge on any atom is 0.206 e. The van der Waals surface area contributed by atoms with Gasteiger partial charge >= 0.3 is 0 Å². The van der Waals surface area contributed by atoms with Crippen LogP contribution in [0.1, 0.15) is 62.6 Å². The summed E-state index contributed by atoms with van der Waals surface area (Å²) >= 11 is 1.75. The molecule has 7 heteroatoms. The first kappa shape index (κ1) is 18.8. The van der Waals surface area contributed by atoms with E-state index in [1.165, 1.54) is 40.1 Å². The van der Waals surface area contributed by atoms with Gasteiger partial charge in [0.15, 0.2) is 5.65 Å². The number of unbranched alkanes of at least 4 members (excludes halogenated alkanes) is 1. The number of aromatic nitrogens is 4. The molecular weight excluding hydrogens is 358 g/mol. The molecule has 0 aromatic carbocycles. The topological polar surface area (TPSA) is 56.8 Å². The molecule has 3 aromatic rings. The highest BCUT2D eigenvalue weighted by atomic mass is 32.1. The molecule has 1 atom stereocenters. The summed E-state index contributed by atoms with van der Waals surface area (Å²) in [7, 11) is 0. The van der Waals surface area contributed by atoms with Crippen molar-refractivity contribution in [1.82, 2.24) is 19.6 Å². The Morgan fingerprint density at radius 3 is 2.81 bits per heavy atom. The Balaban J connectivity index is 1.79. The third-order valence-electron chi connectivity index (χ3n) is 5.51. The lowest BCUT2D eigenvalue weighted by molar-refractivity contribution is -0.912. The van der Waals surface area contributed by atoms with Gasteiger partial charge in [-0.1, -0.05) is 13.3 Å². The van der Waals surface area contributed by atoms with Crippen LogP contribution in [0.4, 0.5) is 0 Å². The molecule has 0 radical (unpaired) electrons. The number of aryl methyl sites for hydroxylation is 1. The minimum absolute atomic E-state index is 0.144. The Bertz CT molecular complexity index is 974. The third-order valence-corrected chi connectivity index (χ3v) is 6.60. The summed E-state index contributed by atoms with van der Waals surface area (Å²) in [6.07, 6.45) is 3.37. The number of hydrogen-bond acceptors (Lipinski definition) is 5. The van der Waals surface area contributed by atoms with Crippen LogP contribution in [0.25, 0.3) is 15.9 Å². The number of rotatable bonds is 6. The fourth-order valence-electron chi connectivity index (χ4n) is 3.90. The number of fused-ring (bicyclic) bond motifs is 5. The molecule has 1 unspecified atom stereocenters. The highest BCUT2D eigenvalue weighted by Crippen LogP contribution is 2.39. The lowest BCUT2D eigenvalue weighted by Crippen LogP contribution is -3.10. The Morgan fingerprint density at radius 1 is 1.26 bits per heavy atom. The second kappa shape index (κ2) is 7.11. The lowest BCUT2D eigenvalue weighted by Gasteiger charge is -2.30. The van der Waals surface area contributed by atoms with Crippen molar-refractivity contribution in [1.29, 1.82) is 0 Å². The fourth-order valence-corrected chi connectivity index (χ4v) is 5.04. The van der Waals surface area contributed by atoms with Crippen molar-refractivity contribution in [2.45, 2.75) is 72.6 Å². The van der Waals surface area contributed by atoms with Crippen LogP contribution in [0.15, 0.2) is 0 Å². The van der Waals surface area contributed by atoms with Crippen LogP contribution in [0, 0.1) is 6.92 Å². The molecule has 4 rings (SSSR count). The van der Waals surface area contributed by atoms with Gasteiger partial charge < -0.3 is 9.64 Å². The molecular formula is C20H30N5OS+. The minimum atomic E-state index is -0.144. The highest BCUT2D eigenvalue weighted by molar-refractivity contribution is 7.19. The van der Waals surface area contributed by atoms with Gasteiger partial charge in [-0.25, -0.2) is 9.97 Å². The van der Waals surface area contributed by atoms with Gasteiger partial charge in [-0.05, 0) is 39.7 Å². The van der Waals surface area contributed by atoms with Crippen LogP contribution >= 0.6 is 11.3 Å². The molecule has 0 aliphatic carbocycles. The van der Waals surface area contributed by atoms with Crippen molar-refractivity contribution in [3.05, 3.63) is 22.1 Å². The van der Waals surface area contributed by atoms with E-state index in [4.69, 9.17) is 19.8 Å². The summed E-state index contributed by atoms with van der Waals surface area (Å²) in [6.45, 7) is 14.6. The normalized spacial score (nSPS) is 17.5. The minimum Gasteiger partial charge on any atom is -0.370 e. The molecule has 0 saturated heterocycles. The first-order valence-corrected chi connectivity index (χ1v) is 10.9.